The molecule has 1 fully saturated rings. The fraction of sp³-hybridized carbons (Fsp3) is 0.692. The van der Waals surface area contributed by atoms with Gasteiger partial charge in [0, 0.05) is 16.8 Å². The van der Waals surface area contributed by atoms with Crippen molar-refractivity contribution in [3.05, 3.63) is 22.4 Å². The van der Waals surface area contributed by atoms with Crippen molar-refractivity contribution < 1.29 is 0 Å². The molecule has 1 aliphatic rings. The lowest BCUT2D eigenvalue weighted by atomic mass is 9.61. The molecule has 0 spiro atoms. The van der Waals surface area contributed by atoms with Crippen LogP contribution in [0.4, 0.5) is 0 Å². The summed E-state index contributed by atoms with van der Waals surface area (Å²) in [5.41, 5.74) is 0. The summed E-state index contributed by atoms with van der Waals surface area (Å²) in [4.78, 5) is 1.57. The highest BCUT2D eigenvalue weighted by molar-refractivity contribution is 7.10. The predicted molar refractivity (Wildman–Crippen MR) is 67.5 cm³/mol. The smallest absolute Gasteiger partial charge is 0.0131 e. The molecule has 0 aromatic carbocycles. The lowest BCUT2D eigenvalue weighted by Gasteiger charge is -2.49. The second kappa shape index (κ2) is 4.67. The van der Waals surface area contributed by atoms with Crippen molar-refractivity contribution in [2.45, 2.75) is 39.2 Å². The Morgan fingerprint density at radius 3 is 2.60 bits per heavy atom. The molecular weight excluding hydrogens is 202 g/mol. The van der Waals surface area contributed by atoms with E-state index in [1.54, 1.807) is 4.88 Å². The Bertz CT molecular complexity index is 283. The summed E-state index contributed by atoms with van der Waals surface area (Å²) in [5, 5.41) is 5.86. The molecule has 2 atom stereocenters. The third kappa shape index (κ3) is 1.98. The van der Waals surface area contributed by atoms with Crippen molar-refractivity contribution in [2.75, 3.05) is 6.54 Å². The maximum Gasteiger partial charge on any atom is 0.0131 e. The Hall–Kier alpha value is -0.340. The summed E-state index contributed by atoms with van der Waals surface area (Å²) in [7, 11) is 0. The van der Waals surface area contributed by atoms with Gasteiger partial charge in [-0.3, -0.25) is 0 Å². The van der Waals surface area contributed by atoms with Crippen LogP contribution in [-0.4, -0.2) is 12.6 Å². The molecule has 1 saturated carbocycles. The topological polar surface area (TPSA) is 12.0 Å². The van der Waals surface area contributed by atoms with E-state index in [2.05, 4.69) is 43.6 Å². The Labute approximate surface area is 96.9 Å². The molecule has 1 N–H and O–H groups in total. The second-order valence-corrected chi connectivity index (χ2v) is 5.72. The summed E-state index contributed by atoms with van der Waals surface area (Å²) < 4.78 is 0. The molecule has 1 aromatic heterocycles. The monoisotopic (exact) mass is 223 g/mol. The SMILES string of the molecule is CCCNC1C(C)C(c2cccs2)C1C. The quantitative estimate of drug-likeness (QED) is 0.824. The van der Waals surface area contributed by atoms with Gasteiger partial charge in [-0.05, 0) is 36.2 Å². The number of hydrogen-bond donors (Lipinski definition) is 1. The molecule has 2 heteroatoms. The van der Waals surface area contributed by atoms with Gasteiger partial charge < -0.3 is 5.32 Å². The molecule has 2 rings (SSSR count). The van der Waals surface area contributed by atoms with E-state index in [4.69, 9.17) is 0 Å². The number of rotatable bonds is 4. The van der Waals surface area contributed by atoms with E-state index < -0.39 is 0 Å². The molecule has 0 radical (unpaired) electrons. The van der Waals surface area contributed by atoms with E-state index in [-0.39, 0.29) is 0 Å². The standard InChI is InChI=1S/C13H21NS/c1-4-7-14-13-9(2)12(10(13)3)11-6-5-8-15-11/h5-6,8-10,12-14H,4,7H2,1-3H3. The summed E-state index contributed by atoms with van der Waals surface area (Å²) >= 11 is 1.91. The van der Waals surface area contributed by atoms with E-state index >= 15 is 0 Å². The van der Waals surface area contributed by atoms with Crippen LogP contribution < -0.4 is 5.32 Å². The zero-order chi connectivity index (χ0) is 10.8. The highest BCUT2D eigenvalue weighted by Crippen LogP contribution is 2.48. The molecule has 1 aliphatic carbocycles. The van der Waals surface area contributed by atoms with Crippen LogP contribution in [0.25, 0.3) is 0 Å². The van der Waals surface area contributed by atoms with Crippen molar-refractivity contribution in [1.29, 1.82) is 0 Å². The fourth-order valence-electron chi connectivity index (χ4n) is 2.94. The molecule has 0 saturated heterocycles. The Kier molecular flexibility index (Phi) is 3.47. The first-order valence-corrected chi connectivity index (χ1v) is 6.90. The molecule has 0 amide bonds. The van der Waals surface area contributed by atoms with E-state index in [0.29, 0.717) is 0 Å². The Morgan fingerprint density at radius 1 is 1.33 bits per heavy atom. The minimum Gasteiger partial charge on any atom is -0.313 e. The fourth-order valence-corrected chi connectivity index (χ4v) is 4.00. The normalized spacial score (nSPS) is 35.1. The van der Waals surface area contributed by atoms with E-state index in [9.17, 15) is 0 Å². The molecule has 84 valence electrons. The van der Waals surface area contributed by atoms with Crippen LogP contribution in [0.3, 0.4) is 0 Å². The third-order valence-electron chi connectivity index (χ3n) is 3.77. The van der Waals surface area contributed by atoms with Crippen LogP contribution in [0.2, 0.25) is 0 Å². The van der Waals surface area contributed by atoms with Crippen molar-refractivity contribution >= 4 is 11.3 Å². The zero-order valence-electron chi connectivity index (χ0n) is 9.86. The average molecular weight is 223 g/mol. The summed E-state index contributed by atoms with van der Waals surface area (Å²) in [6, 6.07) is 5.20. The summed E-state index contributed by atoms with van der Waals surface area (Å²) in [6.45, 7) is 8.17. The summed E-state index contributed by atoms with van der Waals surface area (Å²) in [5.74, 6) is 2.38. The lowest BCUT2D eigenvalue weighted by Crippen LogP contribution is -2.54. The predicted octanol–water partition coefficient (Wildman–Crippen LogP) is 3.49. The first kappa shape index (κ1) is 11.2. The van der Waals surface area contributed by atoms with E-state index in [0.717, 1.165) is 30.3 Å². The van der Waals surface area contributed by atoms with Crippen molar-refractivity contribution in [2.24, 2.45) is 11.8 Å². The molecule has 1 heterocycles. The maximum absolute atomic E-state index is 3.66. The van der Waals surface area contributed by atoms with Gasteiger partial charge in [0.15, 0.2) is 0 Å². The van der Waals surface area contributed by atoms with Gasteiger partial charge in [-0.1, -0.05) is 26.8 Å². The highest BCUT2D eigenvalue weighted by Gasteiger charge is 2.45. The van der Waals surface area contributed by atoms with Crippen LogP contribution in [0.5, 0.6) is 0 Å². The minimum absolute atomic E-state index is 0.733. The van der Waals surface area contributed by atoms with Gasteiger partial charge >= 0.3 is 0 Å². The van der Waals surface area contributed by atoms with Crippen LogP contribution in [0.15, 0.2) is 17.5 Å². The first-order valence-electron chi connectivity index (χ1n) is 6.02. The van der Waals surface area contributed by atoms with E-state index in [1.807, 2.05) is 11.3 Å². The van der Waals surface area contributed by atoms with Crippen LogP contribution in [0.1, 0.15) is 38.0 Å². The van der Waals surface area contributed by atoms with E-state index in [1.165, 1.54) is 6.42 Å². The average Bonchev–Trinajstić information content (AvgIpc) is 2.72. The summed E-state index contributed by atoms with van der Waals surface area (Å²) in [6.07, 6.45) is 1.24. The minimum atomic E-state index is 0.733. The largest absolute Gasteiger partial charge is 0.313 e. The van der Waals surface area contributed by atoms with Crippen LogP contribution in [-0.2, 0) is 0 Å². The van der Waals surface area contributed by atoms with Crippen LogP contribution in [0, 0.1) is 11.8 Å². The van der Waals surface area contributed by atoms with Gasteiger partial charge in [-0.25, -0.2) is 0 Å². The Morgan fingerprint density at radius 2 is 2.07 bits per heavy atom. The maximum atomic E-state index is 3.66. The molecule has 15 heavy (non-hydrogen) atoms. The van der Waals surface area contributed by atoms with Gasteiger partial charge in [-0.15, -0.1) is 11.3 Å². The third-order valence-corrected chi connectivity index (χ3v) is 4.74. The zero-order valence-corrected chi connectivity index (χ0v) is 10.7. The van der Waals surface area contributed by atoms with Crippen LogP contribution >= 0.6 is 11.3 Å². The van der Waals surface area contributed by atoms with Gasteiger partial charge in [0.05, 0.1) is 0 Å². The van der Waals surface area contributed by atoms with Crippen molar-refractivity contribution in [1.82, 2.24) is 5.32 Å². The molecule has 1 nitrogen and oxygen atoms in total. The molecular formula is C13H21NS. The molecule has 0 bridgehead atoms. The molecule has 2 unspecified atom stereocenters. The lowest BCUT2D eigenvalue weighted by molar-refractivity contribution is 0.0992. The molecule has 1 aromatic rings. The van der Waals surface area contributed by atoms with Gasteiger partial charge in [0.25, 0.3) is 0 Å². The first-order chi connectivity index (χ1) is 7.25. The van der Waals surface area contributed by atoms with Gasteiger partial charge in [0.1, 0.15) is 0 Å². The van der Waals surface area contributed by atoms with Gasteiger partial charge in [0.2, 0.25) is 0 Å². The number of hydrogen-bond acceptors (Lipinski definition) is 2. The number of nitrogens with one attached hydrogen (secondary N) is 1. The highest BCUT2D eigenvalue weighted by atomic mass is 32.1. The second-order valence-electron chi connectivity index (χ2n) is 4.74. The molecule has 0 aliphatic heterocycles. The van der Waals surface area contributed by atoms with Gasteiger partial charge in [-0.2, -0.15) is 0 Å². The number of thiophene rings is 1. The van der Waals surface area contributed by atoms with Crippen molar-refractivity contribution in [3.63, 3.8) is 0 Å². The van der Waals surface area contributed by atoms with Crippen molar-refractivity contribution in [3.8, 4) is 0 Å². The Balaban J connectivity index is 1.96.